The Morgan fingerprint density at radius 2 is 1.97 bits per heavy atom. The molecule has 0 radical (unpaired) electrons. The number of hydrogen-bond acceptors (Lipinski definition) is 6. The summed E-state index contributed by atoms with van der Waals surface area (Å²) >= 11 is 0. The zero-order valence-corrected chi connectivity index (χ0v) is 16.8. The Morgan fingerprint density at radius 1 is 1.24 bits per heavy atom. The number of ether oxygens (including phenoxy) is 1. The second-order valence-corrected chi connectivity index (χ2v) is 6.80. The van der Waals surface area contributed by atoms with E-state index in [-0.39, 0.29) is 18.5 Å². The van der Waals surface area contributed by atoms with E-state index >= 15 is 0 Å². The van der Waals surface area contributed by atoms with E-state index in [1.807, 2.05) is 6.92 Å². The maximum atomic E-state index is 12.4. The first-order valence-electron chi connectivity index (χ1n) is 9.22. The van der Waals surface area contributed by atoms with E-state index in [0.717, 1.165) is 5.69 Å². The van der Waals surface area contributed by atoms with Gasteiger partial charge in [0.05, 0.1) is 40.7 Å². The minimum atomic E-state index is -0.979. The first kappa shape index (κ1) is 20.2. The molecule has 2 heterocycles. The number of nitrogens with zero attached hydrogens (tertiary/aromatic N) is 4. The summed E-state index contributed by atoms with van der Waals surface area (Å²) in [6, 6.07) is 7.00. The van der Waals surface area contributed by atoms with Crippen LogP contribution in [-0.2, 0) is 27.9 Å². The third-order valence-electron chi connectivity index (χ3n) is 4.72. The summed E-state index contributed by atoms with van der Waals surface area (Å²) in [5, 5.41) is 7.46. The number of benzene rings is 1. The number of rotatable bonds is 6. The number of anilines is 1. The lowest BCUT2D eigenvalue weighted by molar-refractivity contribution is -0.153. The number of esters is 1. The lowest BCUT2D eigenvalue weighted by Gasteiger charge is -2.14. The molecule has 29 heavy (non-hydrogen) atoms. The number of para-hydroxylation sites is 1. The van der Waals surface area contributed by atoms with Gasteiger partial charge >= 0.3 is 5.97 Å². The number of aryl methyl sites for hydroxylation is 3. The number of carbonyl (C=O) groups excluding carboxylic acids is 2. The molecular weight excluding hydrogens is 374 g/mol. The first-order valence-corrected chi connectivity index (χ1v) is 9.22. The lowest BCUT2D eigenvalue weighted by atomic mass is 10.2. The van der Waals surface area contributed by atoms with Crippen LogP contribution in [0.4, 0.5) is 5.69 Å². The van der Waals surface area contributed by atoms with Crippen molar-refractivity contribution in [3.63, 3.8) is 0 Å². The summed E-state index contributed by atoms with van der Waals surface area (Å²) in [7, 11) is 1.78. The molecule has 0 saturated heterocycles. The Morgan fingerprint density at radius 3 is 2.66 bits per heavy atom. The smallest absolute Gasteiger partial charge is 0.308 e. The molecule has 9 heteroatoms. The van der Waals surface area contributed by atoms with Crippen molar-refractivity contribution in [2.75, 3.05) is 5.32 Å². The number of aromatic nitrogens is 4. The van der Waals surface area contributed by atoms with Gasteiger partial charge in [-0.25, -0.2) is 4.98 Å². The fourth-order valence-electron chi connectivity index (χ4n) is 2.97. The van der Waals surface area contributed by atoms with Crippen molar-refractivity contribution in [3.8, 4) is 0 Å². The van der Waals surface area contributed by atoms with E-state index < -0.39 is 18.0 Å². The molecule has 1 unspecified atom stereocenters. The molecule has 0 bridgehead atoms. The van der Waals surface area contributed by atoms with Crippen LogP contribution in [0.2, 0.25) is 0 Å². The SMILES string of the molecule is Cc1nn(C)c(C)c1NC(=O)C(C)OC(=O)CCn1cnc2ccccc2c1=O. The molecule has 3 aromatic rings. The zero-order chi connectivity index (χ0) is 21.1. The van der Waals surface area contributed by atoms with Gasteiger partial charge in [0.15, 0.2) is 6.10 Å². The fraction of sp³-hybridized carbons (Fsp3) is 0.350. The molecule has 1 atom stereocenters. The number of amides is 1. The third kappa shape index (κ3) is 4.34. The van der Waals surface area contributed by atoms with Crippen LogP contribution in [0.1, 0.15) is 24.7 Å². The van der Waals surface area contributed by atoms with Crippen molar-refractivity contribution in [3.05, 3.63) is 52.3 Å². The van der Waals surface area contributed by atoms with Crippen LogP contribution >= 0.6 is 0 Å². The van der Waals surface area contributed by atoms with Crippen LogP contribution in [0.3, 0.4) is 0 Å². The van der Waals surface area contributed by atoms with Gasteiger partial charge in [-0.2, -0.15) is 5.10 Å². The average molecular weight is 397 g/mol. The van der Waals surface area contributed by atoms with E-state index in [0.29, 0.717) is 22.3 Å². The fourth-order valence-corrected chi connectivity index (χ4v) is 2.97. The topological polar surface area (TPSA) is 108 Å². The van der Waals surface area contributed by atoms with Crippen LogP contribution in [0, 0.1) is 13.8 Å². The van der Waals surface area contributed by atoms with Crippen LogP contribution in [0.15, 0.2) is 35.4 Å². The van der Waals surface area contributed by atoms with Crippen LogP contribution in [0.5, 0.6) is 0 Å². The van der Waals surface area contributed by atoms with Gasteiger partial charge in [-0.3, -0.25) is 23.6 Å². The van der Waals surface area contributed by atoms with Crippen molar-refractivity contribution in [2.45, 2.75) is 39.8 Å². The minimum absolute atomic E-state index is 0.0531. The Kier molecular flexibility index (Phi) is 5.76. The highest BCUT2D eigenvalue weighted by atomic mass is 16.5. The Labute approximate surface area is 167 Å². The second kappa shape index (κ2) is 8.26. The normalized spacial score (nSPS) is 12.0. The molecule has 0 fully saturated rings. The third-order valence-corrected chi connectivity index (χ3v) is 4.72. The van der Waals surface area contributed by atoms with Crippen molar-refractivity contribution < 1.29 is 14.3 Å². The highest BCUT2D eigenvalue weighted by molar-refractivity contribution is 5.96. The predicted octanol–water partition coefficient (Wildman–Crippen LogP) is 1.71. The molecule has 9 nitrogen and oxygen atoms in total. The number of fused-ring (bicyclic) bond motifs is 1. The number of carbonyl (C=O) groups is 2. The summed E-state index contributed by atoms with van der Waals surface area (Å²) in [5.74, 6) is -1.02. The van der Waals surface area contributed by atoms with E-state index in [1.54, 1.807) is 42.9 Å². The summed E-state index contributed by atoms with van der Waals surface area (Å²) in [5.41, 5.74) is 2.46. The van der Waals surface area contributed by atoms with Gasteiger partial charge in [0.2, 0.25) is 0 Å². The molecule has 1 amide bonds. The van der Waals surface area contributed by atoms with Gasteiger partial charge in [-0.1, -0.05) is 12.1 Å². The average Bonchev–Trinajstić information content (AvgIpc) is 2.93. The van der Waals surface area contributed by atoms with Crippen LogP contribution in [-0.4, -0.2) is 37.3 Å². The Balaban J connectivity index is 1.58. The molecule has 0 spiro atoms. The van der Waals surface area contributed by atoms with Gasteiger partial charge in [-0.05, 0) is 32.9 Å². The van der Waals surface area contributed by atoms with E-state index in [2.05, 4.69) is 15.4 Å². The molecule has 1 N–H and O–H groups in total. The van der Waals surface area contributed by atoms with E-state index in [9.17, 15) is 14.4 Å². The van der Waals surface area contributed by atoms with Crippen molar-refractivity contribution in [2.24, 2.45) is 7.05 Å². The zero-order valence-electron chi connectivity index (χ0n) is 16.8. The summed E-state index contributed by atoms with van der Waals surface area (Å²) < 4.78 is 8.23. The summed E-state index contributed by atoms with van der Waals surface area (Å²) in [6.07, 6.45) is 0.373. The van der Waals surface area contributed by atoms with E-state index in [1.165, 1.54) is 17.8 Å². The summed E-state index contributed by atoms with van der Waals surface area (Å²) in [4.78, 5) is 41.1. The molecule has 0 saturated carbocycles. The maximum absolute atomic E-state index is 12.4. The second-order valence-electron chi connectivity index (χ2n) is 6.80. The molecule has 3 rings (SSSR count). The van der Waals surface area contributed by atoms with Crippen molar-refractivity contribution in [1.82, 2.24) is 19.3 Å². The van der Waals surface area contributed by atoms with Gasteiger partial charge in [-0.15, -0.1) is 0 Å². The first-order chi connectivity index (χ1) is 13.8. The molecule has 0 aliphatic rings. The van der Waals surface area contributed by atoms with Gasteiger partial charge in [0.1, 0.15) is 0 Å². The highest BCUT2D eigenvalue weighted by Gasteiger charge is 2.21. The largest absolute Gasteiger partial charge is 0.452 e. The molecule has 1 aromatic carbocycles. The molecule has 152 valence electrons. The maximum Gasteiger partial charge on any atom is 0.308 e. The standard InChI is InChI=1S/C20H23N5O4/c1-12-18(13(2)24(4)23-12)22-19(27)14(3)29-17(26)9-10-25-11-21-16-8-6-5-7-15(16)20(25)28/h5-8,11,14H,9-10H2,1-4H3,(H,22,27). The Bertz CT molecular complexity index is 1130. The lowest BCUT2D eigenvalue weighted by Crippen LogP contribution is -2.31. The Hall–Kier alpha value is -3.49. The number of nitrogens with one attached hydrogen (secondary N) is 1. The quantitative estimate of drug-likeness (QED) is 0.635. The van der Waals surface area contributed by atoms with Gasteiger partial charge in [0, 0.05) is 13.6 Å². The monoisotopic (exact) mass is 397 g/mol. The van der Waals surface area contributed by atoms with Crippen molar-refractivity contribution >= 4 is 28.5 Å². The van der Waals surface area contributed by atoms with Crippen LogP contribution < -0.4 is 10.9 Å². The minimum Gasteiger partial charge on any atom is -0.452 e. The molecule has 0 aliphatic carbocycles. The summed E-state index contributed by atoms with van der Waals surface area (Å²) in [6.45, 7) is 5.24. The van der Waals surface area contributed by atoms with Crippen LogP contribution in [0.25, 0.3) is 10.9 Å². The molecular formula is C20H23N5O4. The molecule has 2 aromatic heterocycles. The van der Waals surface area contributed by atoms with E-state index in [4.69, 9.17) is 4.74 Å². The van der Waals surface area contributed by atoms with Gasteiger partial charge < -0.3 is 10.1 Å². The van der Waals surface area contributed by atoms with Crippen molar-refractivity contribution in [1.29, 1.82) is 0 Å². The number of hydrogen-bond donors (Lipinski definition) is 1. The molecule has 0 aliphatic heterocycles. The van der Waals surface area contributed by atoms with Gasteiger partial charge in [0.25, 0.3) is 11.5 Å². The highest BCUT2D eigenvalue weighted by Crippen LogP contribution is 2.18. The predicted molar refractivity (Wildman–Crippen MR) is 107 cm³/mol.